The van der Waals surface area contributed by atoms with Crippen molar-refractivity contribution in [1.29, 1.82) is 0 Å². The van der Waals surface area contributed by atoms with Crippen LogP contribution in [0.2, 0.25) is 0 Å². The summed E-state index contributed by atoms with van der Waals surface area (Å²) in [5, 5.41) is 1.32. The lowest BCUT2D eigenvalue weighted by Gasteiger charge is -2.10. The van der Waals surface area contributed by atoms with Gasteiger partial charge in [0.05, 0.1) is 0 Å². The number of hydrogen-bond acceptors (Lipinski definition) is 2. The number of hydrogen-bond donors (Lipinski definition) is 1. The van der Waals surface area contributed by atoms with Gasteiger partial charge < -0.3 is 10.5 Å². The molecule has 0 saturated heterocycles. The fraction of sp³-hybridized carbons (Fsp3) is 0.0909. The minimum atomic E-state index is -4.68. The van der Waals surface area contributed by atoms with Crippen molar-refractivity contribution in [2.75, 3.05) is 5.73 Å². The minimum Gasteiger partial charge on any atom is -0.406 e. The molecule has 2 aromatic rings. The van der Waals surface area contributed by atoms with E-state index in [0.717, 1.165) is 5.39 Å². The molecule has 0 aliphatic carbocycles. The van der Waals surface area contributed by atoms with Crippen molar-refractivity contribution in [2.45, 2.75) is 6.36 Å². The van der Waals surface area contributed by atoms with Gasteiger partial charge in [0.15, 0.2) is 0 Å². The molecule has 0 bridgehead atoms. The molecule has 16 heavy (non-hydrogen) atoms. The Hall–Kier alpha value is -1.91. The number of nitrogen functional groups attached to an aromatic ring is 1. The van der Waals surface area contributed by atoms with Crippen molar-refractivity contribution in [1.82, 2.24) is 0 Å². The minimum absolute atomic E-state index is 0.266. The topological polar surface area (TPSA) is 35.2 Å². The van der Waals surface area contributed by atoms with E-state index in [1.54, 1.807) is 18.2 Å². The van der Waals surface area contributed by atoms with E-state index in [1.165, 1.54) is 18.2 Å². The molecule has 0 aliphatic rings. The van der Waals surface area contributed by atoms with Crippen LogP contribution in [-0.2, 0) is 0 Å². The Morgan fingerprint density at radius 3 is 2.50 bits per heavy atom. The van der Waals surface area contributed by atoms with E-state index in [0.29, 0.717) is 11.1 Å². The number of fused-ring (bicyclic) bond motifs is 1. The highest BCUT2D eigenvalue weighted by atomic mass is 19.4. The lowest BCUT2D eigenvalue weighted by molar-refractivity contribution is -0.274. The second-order valence-corrected chi connectivity index (χ2v) is 3.28. The van der Waals surface area contributed by atoms with Crippen LogP contribution in [0, 0.1) is 0 Å². The summed E-state index contributed by atoms with van der Waals surface area (Å²) in [6.45, 7) is 0. The first-order valence-electron chi connectivity index (χ1n) is 4.50. The third-order valence-corrected chi connectivity index (χ3v) is 2.12. The number of rotatable bonds is 1. The van der Waals surface area contributed by atoms with Gasteiger partial charge in [-0.1, -0.05) is 18.2 Å². The maximum atomic E-state index is 12.0. The average molecular weight is 227 g/mol. The van der Waals surface area contributed by atoms with Gasteiger partial charge in [-0.05, 0) is 23.6 Å². The summed E-state index contributed by atoms with van der Waals surface area (Å²) in [7, 11) is 0. The third kappa shape index (κ3) is 2.18. The van der Waals surface area contributed by atoms with Crippen molar-refractivity contribution in [2.24, 2.45) is 0 Å². The molecule has 2 nitrogen and oxygen atoms in total. The van der Waals surface area contributed by atoms with Gasteiger partial charge in [-0.15, -0.1) is 13.2 Å². The maximum absolute atomic E-state index is 12.0. The second-order valence-electron chi connectivity index (χ2n) is 3.28. The Morgan fingerprint density at radius 2 is 1.81 bits per heavy atom. The molecule has 0 fully saturated rings. The van der Waals surface area contributed by atoms with Crippen LogP contribution in [0.5, 0.6) is 5.75 Å². The molecule has 84 valence electrons. The quantitative estimate of drug-likeness (QED) is 0.758. The molecule has 5 heteroatoms. The van der Waals surface area contributed by atoms with Gasteiger partial charge in [-0.2, -0.15) is 0 Å². The number of nitrogens with two attached hydrogens (primary N) is 1. The summed E-state index contributed by atoms with van der Waals surface area (Å²) in [5.74, 6) is -0.266. The summed E-state index contributed by atoms with van der Waals surface area (Å²) in [4.78, 5) is 0. The number of halogens is 3. The van der Waals surface area contributed by atoms with E-state index in [9.17, 15) is 13.2 Å². The van der Waals surface area contributed by atoms with E-state index in [4.69, 9.17) is 5.73 Å². The standard InChI is InChI=1S/C11H8F3NO/c12-11(13,14)16-8-5-4-7-2-1-3-10(15)9(7)6-8/h1-6H,15H2. The summed E-state index contributed by atoms with van der Waals surface area (Å²) < 4.78 is 39.8. The zero-order valence-corrected chi connectivity index (χ0v) is 8.08. The Bertz CT molecular complexity index is 522. The Kier molecular flexibility index (Phi) is 2.38. The number of benzene rings is 2. The summed E-state index contributed by atoms with van der Waals surface area (Å²) in [6.07, 6.45) is -4.68. The predicted octanol–water partition coefficient (Wildman–Crippen LogP) is 3.32. The van der Waals surface area contributed by atoms with Gasteiger partial charge in [0.2, 0.25) is 0 Å². The molecule has 0 saturated carbocycles. The molecule has 0 radical (unpaired) electrons. The van der Waals surface area contributed by atoms with E-state index < -0.39 is 6.36 Å². The molecule has 0 amide bonds. The van der Waals surface area contributed by atoms with Crippen LogP contribution < -0.4 is 10.5 Å². The Balaban J connectivity index is 2.47. The molecule has 0 aliphatic heterocycles. The average Bonchev–Trinajstić information content (AvgIpc) is 2.17. The Morgan fingerprint density at radius 1 is 1.06 bits per heavy atom. The zero-order chi connectivity index (χ0) is 11.8. The molecule has 2 rings (SSSR count). The first kappa shape index (κ1) is 10.6. The zero-order valence-electron chi connectivity index (χ0n) is 8.08. The highest BCUT2D eigenvalue weighted by Crippen LogP contribution is 2.28. The van der Waals surface area contributed by atoms with E-state index in [1.807, 2.05) is 0 Å². The molecule has 2 aromatic carbocycles. The van der Waals surface area contributed by atoms with Crippen LogP contribution >= 0.6 is 0 Å². The molecule has 0 unspecified atom stereocenters. The largest absolute Gasteiger partial charge is 0.573 e. The van der Waals surface area contributed by atoms with Crippen LogP contribution in [0.4, 0.5) is 18.9 Å². The predicted molar refractivity (Wildman–Crippen MR) is 55.0 cm³/mol. The van der Waals surface area contributed by atoms with Gasteiger partial charge in [-0.3, -0.25) is 0 Å². The monoisotopic (exact) mass is 227 g/mol. The van der Waals surface area contributed by atoms with Crippen LogP contribution in [0.15, 0.2) is 36.4 Å². The molecular weight excluding hydrogens is 219 g/mol. The lowest BCUT2D eigenvalue weighted by Crippen LogP contribution is -2.17. The van der Waals surface area contributed by atoms with E-state index >= 15 is 0 Å². The second kappa shape index (κ2) is 3.59. The third-order valence-electron chi connectivity index (χ3n) is 2.12. The lowest BCUT2D eigenvalue weighted by atomic mass is 10.1. The van der Waals surface area contributed by atoms with Crippen molar-refractivity contribution in [3.05, 3.63) is 36.4 Å². The summed E-state index contributed by atoms with van der Waals surface area (Å²) >= 11 is 0. The van der Waals surface area contributed by atoms with Gasteiger partial charge in [0.25, 0.3) is 0 Å². The molecular formula is C11H8F3NO. The van der Waals surface area contributed by atoms with Crippen molar-refractivity contribution >= 4 is 16.5 Å². The number of alkyl halides is 3. The first-order chi connectivity index (χ1) is 7.46. The summed E-state index contributed by atoms with van der Waals surface area (Å²) in [6, 6.07) is 9.20. The fourth-order valence-corrected chi connectivity index (χ4v) is 1.47. The van der Waals surface area contributed by atoms with Crippen molar-refractivity contribution in [3.8, 4) is 5.75 Å². The first-order valence-corrected chi connectivity index (χ1v) is 4.50. The van der Waals surface area contributed by atoms with Gasteiger partial charge in [0.1, 0.15) is 5.75 Å². The Labute approximate surface area is 89.4 Å². The molecule has 0 atom stereocenters. The van der Waals surface area contributed by atoms with E-state index in [-0.39, 0.29) is 5.75 Å². The van der Waals surface area contributed by atoms with Gasteiger partial charge >= 0.3 is 6.36 Å². The highest BCUT2D eigenvalue weighted by Gasteiger charge is 2.31. The number of anilines is 1. The fourth-order valence-electron chi connectivity index (χ4n) is 1.47. The van der Waals surface area contributed by atoms with Crippen LogP contribution in [-0.4, -0.2) is 6.36 Å². The molecule has 0 aromatic heterocycles. The molecule has 2 N–H and O–H groups in total. The van der Waals surface area contributed by atoms with E-state index in [2.05, 4.69) is 4.74 Å². The van der Waals surface area contributed by atoms with Gasteiger partial charge in [0, 0.05) is 11.1 Å². The van der Waals surface area contributed by atoms with Crippen molar-refractivity contribution in [3.63, 3.8) is 0 Å². The maximum Gasteiger partial charge on any atom is 0.573 e. The summed E-state index contributed by atoms with van der Waals surface area (Å²) in [5.41, 5.74) is 6.07. The van der Waals surface area contributed by atoms with Crippen molar-refractivity contribution < 1.29 is 17.9 Å². The van der Waals surface area contributed by atoms with Crippen LogP contribution in [0.25, 0.3) is 10.8 Å². The molecule has 0 spiro atoms. The SMILES string of the molecule is Nc1cccc2ccc(OC(F)(F)F)cc12. The van der Waals surface area contributed by atoms with Crippen LogP contribution in [0.1, 0.15) is 0 Å². The smallest absolute Gasteiger partial charge is 0.406 e. The highest BCUT2D eigenvalue weighted by molar-refractivity contribution is 5.93. The van der Waals surface area contributed by atoms with Crippen LogP contribution in [0.3, 0.4) is 0 Å². The number of ether oxygens (including phenoxy) is 1. The van der Waals surface area contributed by atoms with Gasteiger partial charge in [-0.25, -0.2) is 0 Å². The molecule has 0 heterocycles. The normalized spacial score (nSPS) is 11.7.